The highest BCUT2D eigenvalue weighted by Crippen LogP contribution is 2.28. The van der Waals surface area contributed by atoms with Crippen molar-refractivity contribution in [3.05, 3.63) is 94.0 Å². The van der Waals surface area contributed by atoms with Crippen LogP contribution >= 0.6 is 23.2 Å². The minimum atomic E-state index is -4.17. The molecule has 0 bridgehead atoms. The zero-order valence-electron chi connectivity index (χ0n) is 22.6. The molecule has 0 aliphatic heterocycles. The second-order valence-corrected chi connectivity index (χ2v) is 13.1. The Kier molecular flexibility index (Phi) is 9.69. The van der Waals surface area contributed by atoms with E-state index in [0.29, 0.717) is 21.3 Å². The molecule has 2 amide bonds. The number of para-hydroxylation sites is 1. The van der Waals surface area contributed by atoms with Crippen LogP contribution < -0.4 is 9.62 Å². The third-order valence-electron chi connectivity index (χ3n) is 6.00. The van der Waals surface area contributed by atoms with Crippen molar-refractivity contribution in [3.63, 3.8) is 0 Å². The highest BCUT2D eigenvalue weighted by molar-refractivity contribution is 7.92. The molecule has 0 aliphatic carbocycles. The molecule has 0 aromatic heterocycles. The molecule has 0 spiro atoms. The molecule has 0 fully saturated rings. The van der Waals surface area contributed by atoms with Gasteiger partial charge in [0.05, 0.1) is 10.6 Å². The number of hydrogen-bond acceptors (Lipinski definition) is 4. The average molecular weight is 591 g/mol. The molecule has 10 heteroatoms. The Labute approximate surface area is 240 Å². The number of aryl methyl sites for hydroxylation is 1. The van der Waals surface area contributed by atoms with E-state index in [-0.39, 0.29) is 17.3 Å². The zero-order chi connectivity index (χ0) is 29.0. The van der Waals surface area contributed by atoms with Crippen LogP contribution in [-0.2, 0) is 26.2 Å². The normalized spacial score (nSPS) is 12.5. The van der Waals surface area contributed by atoms with Gasteiger partial charge in [0.2, 0.25) is 11.8 Å². The van der Waals surface area contributed by atoms with Crippen molar-refractivity contribution in [1.82, 2.24) is 10.2 Å². The summed E-state index contributed by atoms with van der Waals surface area (Å²) in [4.78, 5) is 28.5. The maximum atomic E-state index is 13.9. The first-order valence-corrected chi connectivity index (χ1v) is 14.6. The van der Waals surface area contributed by atoms with E-state index in [1.807, 2.05) is 20.8 Å². The van der Waals surface area contributed by atoms with Crippen molar-refractivity contribution in [1.29, 1.82) is 0 Å². The minimum absolute atomic E-state index is 0.00858. The summed E-state index contributed by atoms with van der Waals surface area (Å²) in [6.45, 7) is 8.51. The van der Waals surface area contributed by atoms with Gasteiger partial charge in [-0.15, -0.1) is 0 Å². The standard InChI is InChI=1S/C29H33Cl2N3O4S/c1-20-8-6-7-9-26(20)34(39(37,38)25-16-14-24(31)15-17-25)19-27(35)33(18-22-10-12-23(30)13-11-22)21(2)28(36)32-29(3,4)5/h6-17,21H,18-19H2,1-5H3,(H,32,36)/t21-/m1/s1. The SMILES string of the molecule is Cc1ccccc1N(CC(=O)N(Cc1ccc(Cl)cc1)[C@H](C)C(=O)NC(C)(C)C)S(=O)(=O)c1ccc(Cl)cc1. The first kappa shape index (κ1) is 30.5. The lowest BCUT2D eigenvalue weighted by atomic mass is 10.1. The van der Waals surface area contributed by atoms with Crippen LogP contribution in [0, 0.1) is 6.92 Å². The average Bonchev–Trinajstić information content (AvgIpc) is 2.86. The molecule has 0 aliphatic rings. The van der Waals surface area contributed by atoms with E-state index in [0.717, 1.165) is 9.87 Å². The Morgan fingerprint density at radius 2 is 1.44 bits per heavy atom. The van der Waals surface area contributed by atoms with E-state index >= 15 is 0 Å². The first-order chi connectivity index (χ1) is 18.2. The van der Waals surface area contributed by atoms with Gasteiger partial charge >= 0.3 is 0 Å². The quantitative estimate of drug-likeness (QED) is 0.340. The molecule has 3 rings (SSSR count). The van der Waals surface area contributed by atoms with Gasteiger partial charge in [0, 0.05) is 22.1 Å². The predicted octanol–water partition coefficient (Wildman–Crippen LogP) is 5.83. The maximum absolute atomic E-state index is 13.9. The first-order valence-electron chi connectivity index (χ1n) is 12.4. The lowest BCUT2D eigenvalue weighted by molar-refractivity contribution is -0.140. The monoisotopic (exact) mass is 589 g/mol. The Hall–Kier alpha value is -3.07. The van der Waals surface area contributed by atoms with Crippen molar-refractivity contribution in [2.45, 2.75) is 57.6 Å². The lowest BCUT2D eigenvalue weighted by Crippen LogP contribution is -2.54. The number of nitrogens with zero attached hydrogens (tertiary/aromatic N) is 2. The van der Waals surface area contributed by atoms with Crippen molar-refractivity contribution >= 4 is 50.7 Å². The number of carbonyl (C=O) groups excluding carboxylic acids is 2. The van der Waals surface area contributed by atoms with Gasteiger partial charge in [-0.3, -0.25) is 13.9 Å². The number of hydrogen-bond donors (Lipinski definition) is 1. The van der Waals surface area contributed by atoms with Gasteiger partial charge in [-0.1, -0.05) is 53.5 Å². The van der Waals surface area contributed by atoms with Gasteiger partial charge in [0.25, 0.3) is 10.0 Å². The third-order valence-corrected chi connectivity index (χ3v) is 8.27. The topological polar surface area (TPSA) is 86.8 Å². The molecular formula is C29H33Cl2N3O4S. The van der Waals surface area contributed by atoms with Crippen LogP contribution in [0.15, 0.2) is 77.7 Å². The van der Waals surface area contributed by atoms with E-state index in [1.165, 1.54) is 29.2 Å². The van der Waals surface area contributed by atoms with Crippen molar-refractivity contribution in [2.75, 3.05) is 10.8 Å². The molecule has 0 unspecified atom stereocenters. The molecule has 3 aromatic carbocycles. The minimum Gasteiger partial charge on any atom is -0.350 e. The van der Waals surface area contributed by atoms with Gasteiger partial charge in [-0.05, 0) is 88.2 Å². The number of nitrogens with one attached hydrogen (secondary N) is 1. The van der Waals surface area contributed by atoms with Crippen molar-refractivity contribution < 1.29 is 18.0 Å². The second-order valence-electron chi connectivity index (χ2n) is 10.3. The Balaban J connectivity index is 2.04. The molecule has 208 valence electrons. The van der Waals surface area contributed by atoms with Crippen LogP contribution in [0.1, 0.15) is 38.8 Å². The molecule has 0 saturated heterocycles. The van der Waals surface area contributed by atoms with Crippen molar-refractivity contribution in [3.8, 4) is 0 Å². The molecule has 0 saturated carbocycles. The second kappa shape index (κ2) is 12.4. The summed E-state index contributed by atoms with van der Waals surface area (Å²) in [6, 6.07) is 18.7. The summed E-state index contributed by atoms with van der Waals surface area (Å²) in [6.07, 6.45) is 0. The number of carbonyl (C=O) groups is 2. The molecule has 7 nitrogen and oxygen atoms in total. The number of anilines is 1. The van der Waals surface area contributed by atoms with Gasteiger partial charge in [0.15, 0.2) is 0 Å². The van der Waals surface area contributed by atoms with Crippen LogP contribution in [0.5, 0.6) is 0 Å². The summed E-state index contributed by atoms with van der Waals surface area (Å²) in [7, 11) is -4.17. The third kappa shape index (κ3) is 7.97. The van der Waals surface area contributed by atoms with Crippen LogP contribution in [-0.4, -0.2) is 43.3 Å². The van der Waals surface area contributed by atoms with E-state index in [9.17, 15) is 18.0 Å². The van der Waals surface area contributed by atoms with Gasteiger partial charge in [0.1, 0.15) is 12.6 Å². The summed E-state index contributed by atoms with van der Waals surface area (Å²) < 4.78 is 28.8. The van der Waals surface area contributed by atoms with Crippen LogP contribution in [0.25, 0.3) is 0 Å². The Morgan fingerprint density at radius 1 is 0.897 bits per heavy atom. The Bertz CT molecular complexity index is 1420. The van der Waals surface area contributed by atoms with Crippen molar-refractivity contribution in [2.24, 2.45) is 0 Å². The van der Waals surface area contributed by atoms with E-state index in [4.69, 9.17) is 23.2 Å². The smallest absolute Gasteiger partial charge is 0.264 e. The maximum Gasteiger partial charge on any atom is 0.264 e. The molecule has 1 N–H and O–H groups in total. The molecule has 3 aromatic rings. The predicted molar refractivity (Wildman–Crippen MR) is 157 cm³/mol. The number of sulfonamides is 1. The fourth-order valence-corrected chi connectivity index (χ4v) is 5.66. The van der Waals surface area contributed by atoms with E-state index < -0.39 is 34.1 Å². The number of amides is 2. The number of benzene rings is 3. The van der Waals surface area contributed by atoms with Gasteiger partial charge < -0.3 is 10.2 Å². The number of rotatable bonds is 9. The summed E-state index contributed by atoms with van der Waals surface area (Å²) in [5.74, 6) is -0.893. The molecule has 0 radical (unpaired) electrons. The van der Waals surface area contributed by atoms with E-state index in [1.54, 1.807) is 62.4 Å². The van der Waals surface area contributed by atoms with Crippen LogP contribution in [0.3, 0.4) is 0 Å². The summed E-state index contributed by atoms with van der Waals surface area (Å²) in [5.41, 5.74) is 1.25. The fourth-order valence-electron chi connectivity index (χ4n) is 3.93. The fraction of sp³-hybridized carbons (Fsp3) is 0.310. The molecule has 0 heterocycles. The highest BCUT2D eigenvalue weighted by atomic mass is 35.5. The Morgan fingerprint density at radius 3 is 1.97 bits per heavy atom. The zero-order valence-corrected chi connectivity index (χ0v) is 24.9. The lowest BCUT2D eigenvalue weighted by Gasteiger charge is -2.33. The van der Waals surface area contributed by atoms with Crippen LogP contribution in [0.4, 0.5) is 5.69 Å². The highest BCUT2D eigenvalue weighted by Gasteiger charge is 2.33. The van der Waals surface area contributed by atoms with Gasteiger partial charge in [-0.25, -0.2) is 8.42 Å². The molecule has 1 atom stereocenters. The largest absolute Gasteiger partial charge is 0.350 e. The molecular weight excluding hydrogens is 557 g/mol. The summed E-state index contributed by atoms with van der Waals surface area (Å²) in [5, 5.41) is 3.83. The number of halogens is 2. The van der Waals surface area contributed by atoms with Gasteiger partial charge in [-0.2, -0.15) is 0 Å². The van der Waals surface area contributed by atoms with E-state index in [2.05, 4.69) is 5.32 Å². The molecule has 39 heavy (non-hydrogen) atoms. The van der Waals surface area contributed by atoms with Crippen LogP contribution in [0.2, 0.25) is 10.0 Å². The summed E-state index contributed by atoms with van der Waals surface area (Å²) >= 11 is 12.0.